The van der Waals surface area contributed by atoms with E-state index in [9.17, 15) is 19.8 Å². The average molecular weight is 667 g/mol. The van der Waals surface area contributed by atoms with Crippen molar-refractivity contribution in [2.24, 2.45) is 17.8 Å². The smallest absolute Gasteiger partial charge is 0.333 e. The van der Waals surface area contributed by atoms with Gasteiger partial charge < -0.3 is 38.6 Å². The number of ether oxygens (including phenoxy) is 6. The van der Waals surface area contributed by atoms with Gasteiger partial charge in [-0.25, -0.2) is 9.59 Å². The number of carbonyl (C=O) groups excluding carboxylic acids is 2. The van der Waals surface area contributed by atoms with E-state index in [1.54, 1.807) is 13.8 Å². The molecule has 2 unspecified atom stereocenters. The van der Waals surface area contributed by atoms with Crippen LogP contribution in [-0.2, 0) is 34.0 Å². The maximum Gasteiger partial charge on any atom is 0.333 e. The molecule has 0 aliphatic heterocycles. The van der Waals surface area contributed by atoms with Crippen LogP contribution in [0.15, 0.2) is 54.6 Å². The van der Waals surface area contributed by atoms with Crippen molar-refractivity contribution in [2.75, 3.05) is 52.9 Å². The van der Waals surface area contributed by atoms with Crippen LogP contribution in [0.3, 0.4) is 0 Å². The van der Waals surface area contributed by atoms with Crippen LogP contribution < -0.4 is 9.47 Å². The number of carbonyl (C=O) groups is 2. The molecule has 4 bridgehead atoms. The Hall–Kier alpha value is -3.44. The molecule has 0 radical (unpaired) electrons. The highest BCUT2D eigenvalue weighted by atomic mass is 16.6. The number of fused-ring (bicyclic) bond motifs is 1. The lowest BCUT2D eigenvalue weighted by Gasteiger charge is -2.57. The molecule has 2 aromatic carbocycles. The summed E-state index contributed by atoms with van der Waals surface area (Å²) in [5.74, 6) is 2.72. The highest BCUT2D eigenvalue weighted by molar-refractivity contribution is 5.88. The number of benzene rings is 2. The summed E-state index contributed by atoms with van der Waals surface area (Å²) in [5.41, 5.74) is 1.95. The first-order valence-corrected chi connectivity index (χ1v) is 17.0. The highest BCUT2D eigenvalue weighted by Crippen LogP contribution is 2.62. The summed E-state index contributed by atoms with van der Waals surface area (Å²) < 4.78 is 33.3. The summed E-state index contributed by atoms with van der Waals surface area (Å²) in [5, 5.41) is 23.1. The topological polar surface area (TPSA) is 130 Å². The molecule has 10 nitrogen and oxygen atoms in total. The molecule has 0 amide bonds. The van der Waals surface area contributed by atoms with Gasteiger partial charge in [-0.3, -0.25) is 0 Å². The second-order valence-corrected chi connectivity index (χ2v) is 14.0. The maximum atomic E-state index is 11.5. The maximum absolute atomic E-state index is 11.5. The van der Waals surface area contributed by atoms with Crippen molar-refractivity contribution in [3.05, 3.63) is 60.2 Å². The molecule has 2 N–H and O–H groups in total. The number of aliphatic hydroxyl groups excluding tert-OH is 2. The zero-order chi connectivity index (χ0) is 34.3. The Kier molecular flexibility index (Phi) is 12.2. The van der Waals surface area contributed by atoms with E-state index < -0.39 is 24.1 Å². The lowest BCUT2D eigenvalue weighted by molar-refractivity contribution is -0.141. The van der Waals surface area contributed by atoms with Gasteiger partial charge in [0.1, 0.15) is 50.1 Å². The third-order valence-electron chi connectivity index (χ3n) is 9.63. The summed E-state index contributed by atoms with van der Waals surface area (Å²) in [6, 6.07) is 10.2. The van der Waals surface area contributed by atoms with E-state index in [0.29, 0.717) is 16.9 Å². The van der Waals surface area contributed by atoms with Gasteiger partial charge in [0.2, 0.25) is 0 Å². The van der Waals surface area contributed by atoms with Gasteiger partial charge >= 0.3 is 11.9 Å². The van der Waals surface area contributed by atoms with Gasteiger partial charge in [0.15, 0.2) is 0 Å². The van der Waals surface area contributed by atoms with Crippen LogP contribution in [0.5, 0.6) is 11.5 Å². The van der Waals surface area contributed by atoms with Crippen molar-refractivity contribution in [1.29, 1.82) is 0 Å². The molecule has 0 spiro atoms. The molecule has 4 saturated carbocycles. The molecule has 6 rings (SSSR count). The number of hydrogen-bond acceptors (Lipinski definition) is 10. The van der Waals surface area contributed by atoms with Crippen molar-refractivity contribution in [2.45, 2.75) is 70.0 Å². The summed E-state index contributed by atoms with van der Waals surface area (Å²) in [6.07, 6.45) is 5.80. The van der Waals surface area contributed by atoms with Crippen molar-refractivity contribution >= 4 is 22.7 Å². The molecule has 10 heteroatoms. The molecule has 48 heavy (non-hydrogen) atoms. The van der Waals surface area contributed by atoms with Gasteiger partial charge in [-0.15, -0.1) is 0 Å². The molecule has 2 atom stereocenters. The minimum atomic E-state index is -0.864. The highest BCUT2D eigenvalue weighted by Gasteiger charge is 2.52. The van der Waals surface area contributed by atoms with E-state index in [4.69, 9.17) is 28.4 Å². The lowest BCUT2D eigenvalue weighted by atomic mass is 9.48. The number of hydrogen-bond donors (Lipinski definition) is 2. The van der Waals surface area contributed by atoms with E-state index >= 15 is 0 Å². The fourth-order valence-electron chi connectivity index (χ4n) is 7.87. The molecule has 0 heterocycles. The van der Waals surface area contributed by atoms with E-state index in [2.05, 4.69) is 19.2 Å². The first-order valence-electron chi connectivity index (χ1n) is 17.0. The van der Waals surface area contributed by atoms with Crippen LogP contribution >= 0.6 is 0 Å². The molecular weight excluding hydrogens is 616 g/mol. The van der Waals surface area contributed by atoms with Gasteiger partial charge in [0.05, 0.1) is 26.4 Å². The zero-order valence-electron chi connectivity index (χ0n) is 28.2. The molecule has 4 aliphatic carbocycles. The third-order valence-corrected chi connectivity index (χ3v) is 9.63. The number of rotatable bonds is 19. The summed E-state index contributed by atoms with van der Waals surface area (Å²) in [7, 11) is 0. The Labute approximate surface area is 283 Å². The molecule has 2 aromatic rings. The largest absolute Gasteiger partial charge is 0.491 e. The Morgan fingerprint density at radius 2 is 1.25 bits per heavy atom. The van der Waals surface area contributed by atoms with Gasteiger partial charge in [-0.2, -0.15) is 0 Å². The van der Waals surface area contributed by atoms with Crippen LogP contribution in [0.2, 0.25) is 0 Å². The van der Waals surface area contributed by atoms with E-state index in [1.807, 2.05) is 24.3 Å². The molecule has 4 fully saturated rings. The average Bonchev–Trinajstić information content (AvgIpc) is 3.04. The Morgan fingerprint density at radius 1 is 0.729 bits per heavy atom. The third kappa shape index (κ3) is 9.37. The van der Waals surface area contributed by atoms with Gasteiger partial charge in [0, 0.05) is 16.7 Å². The van der Waals surface area contributed by atoms with Crippen LogP contribution in [0.1, 0.15) is 57.9 Å². The fourth-order valence-corrected chi connectivity index (χ4v) is 7.87. The van der Waals surface area contributed by atoms with E-state index in [-0.39, 0.29) is 58.3 Å². The Balaban J connectivity index is 1.22. The van der Waals surface area contributed by atoms with Crippen LogP contribution in [-0.4, -0.2) is 87.2 Å². The van der Waals surface area contributed by atoms with Crippen molar-refractivity contribution in [3.63, 3.8) is 0 Å². The van der Waals surface area contributed by atoms with E-state index in [1.165, 1.54) is 44.1 Å². The second-order valence-electron chi connectivity index (χ2n) is 14.0. The minimum absolute atomic E-state index is 0.0321. The van der Waals surface area contributed by atoms with Crippen molar-refractivity contribution < 1.29 is 48.2 Å². The first kappa shape index (κ1) is 35.9. The van der Waals surface area contributed by atoms with E-state index in [0.717, 1.165) is 34.3 Å². The Morgan fingerprint density at radius 3 is 1.77 bits per heavy atom. The lowest BCUT2D eigenvalue weighted by Crippen LogP contribution is -2.48. The van der Waals surface area contributed by atoms with Gasteiger partial charge in [0.25, 0.3) is 0 Å². The quantitative estimate of drug-likeness (QED) is 0.119. The molecule has 0 saturated heterocycles. The standard InChI is InChI=1S/C38H50O10/c1-24(2)36(41)45-9-7-43-20-31(39)22-47-33-6-5-29-15-34(38-17-26-11-27(18-38)13-28(12-26)19-38)35(16-30(29)14-33)48-23-32(40)21-44-8-10-46-37(42)25(3)4/h5-6,14-16,26-28,31-32,39-40H,1,3,7-13,17-23H2,2,4H3. The summed E-state index contributed by atoms with van der Waals surface area (Å²) in [6.45, 7) is 10.9. The van der Waals surface area contributed by atoms with Gasteiger partial charge in [-0.1, -0.05) is 19.2 Å². The molecule has 0 aromatic heterocycles. The Bertz CT molecular complexity index is 1430. The molecule has 262 valence electrons. The summed E-state index contributed by atoms with van der Waals surface area (Å²) >= 11 is 0. The minimum Gasteiger partial charge on any atom is -0.491 e. The predicted molar refractivity (Wildman–Crippen MR) is 180 cm³/mol. The molecular formula is C38H50O10. The number of esters is 2. The molecule has 4 aliphatic rings. The monoisotopic (exact) mass is 666 g/mol. The predicted octanol–water partition coefficient (Wildman–Crippen LogP) is 5.06. The normalized spacial score (nSPS) is 23.8. The fraction of sp³-hybridized carbons (Fsp3) is 0.579. The van der Waals surface area contributed by atoms with Crippen LogP contribution in [0.25, 0.3) is 10.8 Å². The first-order chi connectivity index (χ1) is 23.0. The second kappa shape index (κ2) is 16.3. The van der Waals surface area contributed by atoms with Gasteiger partial charge in [-0.05, 0) is 111 Å². The van der Waals surface area contributed by atoms with Crippen LogP contribution in [0, 0.1) is 17.8 Å². The van der Waals surface area contributed by atoms with Crippen molar-refractivity contribution in [1.82, 2.24) is 0 Å². The summed E-state index contributed by atoms with van der Waals surface area (Å²) in [4.78, 5) is 23.0. The van der Waals surface area contributed by atoms with Crippen molar-refractivity contribution in [3.8, 4) is 11.5 Å². The van der Waals surface area contributed by atoms with Crippen LogP contribution in [0.4, 0.5) is 0 Å². The number of aliphatic hydroxyl groups is 2. The zero-order valence-corrected chi connectivity index (χ0v) is 28.2. The SMILES string of the molecule is C=C(C)C(=O)OCCOCC(O)COc1ccc2cc(C34CC5CC(CC(C5)C3)C4)c(OCC(O)COCCOC(=O)C(=C)C)cc2c1.